The Bertz CT molecular complexity index is 528. The maximum atomic E-state index is 13.1. The molecule has 1 atom stereocenters. The summed E-state index contributed by atoms with van der Waals surface area (Å²) in [6, 6.07) is 0.788. The van der Waals surface area contributed by atoms with Crippen molar-refractivity contribution in [1.82, 2.24) is 5.32 Å². The molecule has 0 bridgehead atoms. The van der Waals surface area contributed by atoms with Crippen LogP contribution in [0.1, 0.15) is 23.2 Å². The van der Waals surface area contributed by atoms with E-state index in [1.807, 2.05) is 0 Å². The van der Waals surface area contributed by atoms with Gasteiger partial charge >= 0.3 is 5.97 Å². The molecule has 7 heteroatoms. The van der Waals surface area contributed by atoms with Gasteiger partial charge in [-0.15, -0.1) is 0 Å². The van der Waals surface area contributed by atoms with Crippen molar-refractivity contribution in [2.45, 2.75) is 18.9 Å². The first kappa shape index (κ1) is 13.4. The third-order valence-corrected chi connectivity index (χ3v) is 2.93. The van der Waals surface area contributed by atoms with Crippen LogP contribution in [0, 0.1) is 11.6 Å². The molecule has 1 amide bonds. The van der Waals surface area contributed by atoms with Gasteiger partial charge in [0.25, 0.3) is 0 Å². The molecule has 5 nitrogen and oxygen atoms in total. The number of halogens is 2. The third kappa shape index (κ3) is 2.87. The Kier molecular flexibility index (Phi) is 3.75. The van der Waals surface area contributed by atoms with E-state index in [1.54, 1.807) is 0 Å². The van der Waals surface area contributed by atoms with Crippen LogP contribution in [-0.4, -0.2) is 29.6 Å². The van der Waals surface area contributed by atoms with Gasteiger partial charge in [0, 0.05) is 6.07 Å². The first-order valence-corrected chi connectivity index (χ1v) is 5.75. The van der Waals surface area contributed by atoms with Gasteiger partial charge in [-0.05, 0) is 25.5 Å². The quantitative estimate of drug-likeness (QED) is 0.774. The minimum Gasteiger partial charge on any atom is -0.478 e. The topological polar surface area (TPSA) is 78.4 Å². The molecule has 0 aromatic heterocycles. The summed E-state index contributed by atoms with van der Waals surface area (Å²) in [6.07, 6.45) is 1.46. The summed E-state index contributed by atoms with van der Waals surface area (Å²) in [4.78, 5) is 22.7. The van der Waals surface area contributed by atoms with Gasteiger partial charge in [-0.1, -0.05) is 0 Å². The standard InChI is InChI=1S/C12H12F2N2O3/c13-7-4-6(12(18)19)10(5-8(7)14)16-11(17)9-2-1-3-15-9/h4-5,9,15H,1-3H2,(H,16,17)(H,18,19)/t9-/m0/s1. The molecule has 0 radical (unpaired) electrons. The zero-order chi connectivity index (χ0) is 14.0. The number of carboxylic acids is 1. The summed E-state index contributed by atoms with van der Waals surface area (Å²) >= 11 is 0. The number of carboxylic acid groups (broad SMARTS) is 1. The van der Waals surface area contributed by atoms with Crippen molar-refractivity contribution in [1.29, 1.82) is 0 Å². The van der Waals surface area contributed by atoms with E-state index < -0.39 is 35.1 Å². The zero-order valence-electron chi connectivity index (χ0n) is 9.87. The fourth-order valence-corrected chi connectivity index (χ4v) is 1.96. The van der Waals surface area contributed by atoms with Crippen LogP contribution in [0.3, 0.4) is 0 Å². The van der Waals surface area contributed by atoms with Crippen LogP contribution in [0.4, 0.5) is 14.5 Å². The monoisotopic (exact) mass is 270 g/mol. The number of hydrogen-bond donors (Lipinski definition) is 3. The maximum absolute atomic E-state index is 13.1. The Balaban J connectivity index is 2.25. The molecule has 102 valence electrons. The third-order valence-electron chi connectivity index (χ3n) is 2.93. The predicted molar refractivity (Wildman–Crippen MR) is 63.0 cm³/mol. The molecule has 0 unspecified atom stereocenters. The lowest BCUT2D eigenvalue weighted by Gasteiger charge is -2.13. The normalized spacial score (nSPS) is 18.3. The highest BCUT2D eigenvalue weighted by Gasteiger charge is 2.24. The van der Waals surface area contributed by atoms with Crippen molar-refractivity contribution in [2.24, 2.45) is 0 Å². The van der Waals surface area contributed by atoms with E-state index in [0.717, 1.165) is 6.42 Å². The fourth-order valence-electron chi connectivity index (χ4n) is 1.96. The van der Waals surface area contributed by atoms with Crippen LogP contribution in [-0.2, 0) is 4.79 Å². The molecule has 0 spiro atoms. The number of rotatable bonds is 3. The Morgan fingerprint density at radius 1 is 1.32 bits per heavy atom. The van der Waals surface area contributed by atoms with Gasteiger partial charge in [0.05, 0.1) is 17.3 Å². The molecule has 1 aliphatic heterocycles. The summed E-state index contributed by atoms with van der Waals surface area (Å²) in [6.45, 7) is 0.696. The minimum atomic E-state index is -1.44. The first-order chi connectivity index (χ1) is 8.99. The predicted octanol–water partition coefficient (Wildman–Crippen LogP) is 1.35. The molecule has 0 saturated carbocycles. The van der Waals surface area contributed by atoms with Crippen molar-refractivity contribution in [2.75, 3.05) is 11.9 Å². The molecule has 1 heterocycles. The molecule has 1 aromatic rings. The molecule has 0 aliphatic carbocycles. The van der Waals surface area contributed by atoms with E-state index in [2.05, 4.69) is 10.6 Å². The molecular formula is C12H12F2N2O3. The van der Waals surface area contributed by atoms with Crippen LogP contribution >= 0.6 is 0 Å². The van der Waals surface area contributed by atoms with Crippen molar-refractivity contribution < 1.29 is 23.5 Å². The highest BCUT2D eigenvalue weighted by Crippen LogP contribution is 2.21. The van der Waals surface area contributed by atoms with E-state index in [0.29, 0.717) is 25.1 Å². The van der Waals surface area contributed by atoms with Crippen molar-refractivity contribution in [3.63, 3.8) is 0 Å². The second-order valence-corrected chi connectivity index (χ2v) is 4.26. The fraction of sp³-hybridized carbons (Fsp3) is 0.333. The van der Waals surface area contributed by atoms with E-state index in [-0.39, 0.29) is 5.69 Å². The van der Waals surface area contributed by atoms with Gasteiger partial charge < -0.3 is 15.7 Å². The number of amides is 1. The summed E-state index contributed by atoms with van der Waals surface area (Å²) in [5, 5.41) is 14.1. The first-order valence-electron chi connectivity index (χ1n) is 5.75. The summed E-state index contributed by atoms with van der Waals surface area (Å²) in [5.74, 6) is -4.37. The number of carbonyl (C=O) groups is 2. The summed E-state index contributed by atoms with van der Waals surface area (Å²) in [5.41, 5.74) is -0.727. The highest BCUT2D eigenvalue weighted by molar-refractivity contribution is 6.02. The summed E-state index contributed by atoms with van der Waals surface area (Å²) < 4.78 is 26.1. The minimum absolute atomic E-state index is 0.245. The van der Waals surface area contributed by atoms with E-state index in [4.69, 9.17) is 5.11 Å². The van der Waals surface area contributed by atoms with Gasteiger partial charge in [0.1, 0.15) is 0 Å². The van der Waals surface area contributed by atoms with E-state index >= 15 is 0 Å². The van der Waals surface area contributed by atoms with Gasteiger partial charge in [-0.3, -0.25) is 4.79 Å². The Hall–Kier alpha value is -2.02. The van der Waals surface area contributed by atoms with Crippen LogP contribution in [0.25, 0.3) is 0 Å². The average molecular weight is 270 g/mol. The molecule has 19 heavy (non-hydrogen) atoms. The molecule has 1 aromatic carbocycles. The molecule has 1 saturated heterocycles. The zero-order valence-corrected chi connectivity index (χ0v) is 9.87. The van der Waals surface area contributed by atoms with Crippen molar-refractivity contribution in [3.05, 3.63) is 29.3 Å². The Labute approximate surface area is 107 Å². The van der Waals surface area contributed by atoms with Crippen LogP contribution in [0.5, 0.6) is 0 Å². The SMILES string of the molecule is O=C(O)c1cc(F)c(F)cc1NC(=O)[C@@H]1CCCN1. The van der Waals surface area contributed by atoms with Crippen LogP contribution < -0.4 is 10.6 Å². The number of hydrogen-bond acceptors (Lipinski definition) is 3. The lowest BCUT2D eigenvalue weighted by atomic mass is 10.1. The molecular weight excluding hydrogens is 258 g/mol. The number of carbonyl (C=O) groups excluding carboxylic acids is 1. The second-order valence-electron chi connectivity index (χ2n) is 4.26. The van der Waals surface area contributed by atoms with Gasteiger partial charge in [0.2, 0.25) is 5.91 Å². The lowest BCUT2D eigenvalue weighted by Crippen LogP contribution is -2.35. The van der Waals surface area contributed by atoms with Gasteiger partial charge in [0.15, 0.2) is 11.6 Å². The summed E-state index contributed by atoms with van der Waals surface area (Å²) in [7, 11) is 0. The average Bonchev–Trinajstić information content (AvgIpc) is 2.86. The van der Waals surface area contributed by atoms with E-state index in [9.17, 15) is 18.4 Å². The van der Waals surface area contributed by atoms with Crippen LogP contribution in [0.2, 0.25) is 0 Å². The second kappa shape index (κ2) is 5.31. The van der Waals surface area contributed by atoms with E-state index in [1.165, 1.54) is 0 Å². The molecule has 1 aliphatic rings. The largest absolute Gasteiger partial charge is 0.478 e. The number of anilines is 1. The van der Waals surface area contributed by atoms with Crippen molar-refractivity contribution >= 4 is 17.6 Å². The van der Waals surface area contributed by atoms with Crippen LogP contribution in [0.15, 0.2) is 12.1 Å². The number of nitrogens with one attached hydrogen (secondary N) is 2. The molecule has 1 fully saturated rings. The maximum Gasteiger partial charge on any atom is 0.337 e. The number of benzene rings is 1. The molecule has 2 rings (SSSR count). The van der Waals surface area contributed by atoms with Crippen molar-refractivity contribution in [3.8, 4) is 0 Å². The van der Waals surface area contributed by atoms with Gasteiger partial charge in [-0.2, -0.15) is 0 Å². The smallest absolute Gasteiger partial charge is 0.337 e. The van der Waals surface area contributed by atoms with Gasteiger partial charge in [-0.25, -0.2) is 13.6 Å². The Morgan fingerprint density at radius 3 is 2.58 bits per heavy atom. The highest BCUT2D eigenvalue weighted by atomic mass is 19.2. The molecule has 3 N–H and O–H groups in total. The Morgan fingerprint density at radius 2 is 2.00 bits per heavy atom. The lowest BCUT2D eigenvalue weighted by molar-refractivity contribution is -0.117. The number of aromatic carboxylic acids is 1.